The number of rotatable bonds is 2. The van der Waals surface area contributed by atoms with E-state index in [1.54, 1.807) is 4.68 Å². The van der Waals surface area contributed by atoms with Crippen LogP contribution in [0, 0.1) is 6.92 Å². The Morgan fingerprint density at radius 2 is 2.13 bits per heavy atom. The standard InChI is InChI=1S/C11H16N2O2/c1-8-7-9(12-13(8)2)11(10(14)15)5-3-4-6-11/h7H,3-6H2,1-2H3,(H,14,15). The fraction of sp³-hybridized carbons (Fsp3) is 0.636. The number of carbonyl (C=O) groups is 1. The quantitative estimate of drug-likeness (QED) is 0.803. The molecule has 82 valence electrons. The van der Waals surface area contributed by atoms with Gasteiger partial charge in [0.15, 0.2) is 0 Å². The third-order valence-electron chi connectivity index (χ3n) is 3.47. The summed E-state index contributed by atoms with van der Waals surface area (Å²) in [6.45, 7) is 1.95. The number of aromatic nitrogens is 2. The molecule has 15 heavy (non-hydrogen) atoms. The second-order valence-corrected chi connectivity index (χ2v) is 4.39. The van der Waals surface area contributed by atoms with E-state index in [4.69, 9.17) is 0 Å². The highest BCUT2D eigenvalue weighted by Gasteiger charge is 2.45. The average molecular weight is 208 g/mol. The fourth-order valence-corrected chi connectivity index (χ4v) is 2.35. The van der Waals surface area contributed by atoms with Gasteiger partial charge in [-0.25, -0.2) is 0 Å². The molecule has 1 heterocycles. The summed E-state index contributed by atoms with van der Waals surface area (Å²) in [6.07, 6.45) is 3.42. The molecule has 0 aliphatic heterocycles. The lowest BCUT2D eigenvalue weighted by molar-refractivity contribution is -0.143. The highest BCUT2D eigenvalue weighted by molar-refractivity contribution is 5.81. The molecule has 0 aromatic carbocycles. The SMILES string of the molecule is Cc1cc(C2(C(=O)O)CCCC2)nn1C. The molecule has 1 aliphatic rings. The van der Waals surface area contributed by atoms with Crippen LogP contribution < -0.4 is 0 Å². The lowest BCUT2D eigenvalue weighted by atomic mass is 9.83. The van der Waals surface area contributed by atoms with Crippen LogP contribution in [0.4, 0.5) is 0 Å². The molecule has 1 aromatic heterocycles. The van der Waals surface area contributed by atoms with E-state index in [-0.39, 0.29) is 0 Å². The van der Waals surface area contributed by atoms with E-state index in [1.807, 2.05) is 20.0 Å². The number of hydrogen-bond donors (Lipinski definition) is 1. The minimum Gasteiger partial charge on any atom is -0.481 e. The minimum atomic E-state index is -0.724. The van der Waals surface area contributed by atoms with Crippen LogP contribution in [0.15, 0.2) is 6.07 Å². The molecular weight excluding hydrogens is 192 g/mol. The molecule has 1 fully saturated rings. The maximum atomic E-state index is 11.4. The van der Waals surface area contributed by atoms with Gasteiger partial charge in [-0.05, 0) is 25.8 Å². The van der Waals surface area contributed by atoms with E-state index in [0.717, 1.165) is 37.1 Å². The summed E-state index contributed by atoms with van der Waals surface area (Å²) in [4.78, 5) is 11.4. The monoisotopic (exact) mass is 208 g/mol. The molecule has 0 bridgehead atoms. The largest absolute Gasteiger partial charge is 0.481 e. The van der Waals surface area contributed by atoms with Gasteiger partial charge in [-0.15, -0.1) is 0 Å². The van der Waals surface area contributed by atoms with Gasteiger partial charge in [0, 0.05) is 12.7 Å². The first-order chi connectivity index (χ1) is 7.06. The zero-order valence-corrected chi connectivity index (χ0v) is 9.16. The van der Waals surface area contributed by atoms with Crippen LogP contribution in [-0.2, 0) is 17.3 Å². The lowest BCUT2D eigenvalue weighted by Gasteiger charge is -2.20. The molecular formula is C11H16N2O2. The van der Waals surface area contributed by atoms with Gasteiger partial charge in [0.2, 0.25) is 0 Å². The van der Waals surface area contributed by atoms with Crippen LogP contribution in [0.25, 0.3) is 0 Å². The van der Waals surface area contributed by atoms with Crippen molar-refractivity contribution >= 4 is 5.97 Å². The van der Waals surface area contributed by atoms with Crippen LogP contribution in [0.2, 0.25) is 0 Å². The zero-order valence-electron chi connectivity index (χ0n) is 9.16. The Morgan fingerprint density at radius 3 is 2.53 bits per heavy atom. The highest BCUT2D eigenvalue weighted by atomic mass is 16.4. The van der Waals surface area contributed by atoms with Gasteiger partial charge in [-0.3, -0.25) is 9.48 Å². The van der Waals surface area contributed by atoms with Crippen LogP contribution in [0.3, 0.4) is 0 Å². The number of nitrogens with zero attached hydrogens (tertiary/aromatic N) is 2. The van der Waals surface area contributed by atoms with E-state index in [1.165, 1.54) is 0 Å². The molecule has 1 aliphatic carbocycles. The van der Waals surface area contributed by atoms with Gasteiger partial charge in [-0.1, -0.05) is 12.8 Å². The van der Waals surface area contributed by atoms with Gasteiger partial charge in [0.25, 0.3) is 0 Å². The van der Waals surface area contributed by atoms with Crippen molar-refractivity contribution in [3.05, 3.63) is 17.5 Å². The Morgan fingerprint density at radius 1 is 1.53 bits per heavy atom. The number of hydrogen-bond acceptors (Lipinski definition) is 2. The average Bonchev–Trinajstić information content (AvgIpc) is 2.75. The van der Waals surface area contributed by atoms with Crippen LogP contribution in [0.1, 0.15) is 37.1 Å². The summed E-state index contributed by atoms with van der Waals surface area (Å²) in [5, 5.41) is 13.7. The van der Waals surface area contributed by atoms with Crippen LogP contribution in [0.5, 0.6) is 0 Å². The molecule has 2 rings (SSSR count). The Balaban J connectivity index is 2.45. The van der Waals surface area contributed by atoms with E-state index in [9.17, 15) is 9.90 Å². The highest BCUT2D eigenvalue weighted by Crippen LogP contribution is 2.40. The predicted molar refractivity (Wildman–Crippen MR) is 55.7 cm³/mol. The minimum absolute atomic E-state index is 0.716. The molecule has 0 radical (unpaired) electrons. The molecule has 4 heteroatoms. The van der Waals surface area contributed by atoms with E-state index in [0.29, 0.717) is 0 Å². The van der Waals surface area contributed by atoms with Crippen molar-refractivity contribution in [2.24, 2.45) is 7.05 Å². The van der Waals surface area contributed by atoms with Crippen molar-refractivity contribution < 1.29 is 9.90 Å². The summed E-state index contributed by atoms with van der Waals surface area (Å²) >= 11 is 0. The van der Waals surface area contributed by atoms with Gasteiger partial charge in [-0.2, -0.15) is 5.10 Å². The van der Waals surface area contributed by atoms with E-state index >= 15 is 0 Å². The fourth-order valence-electron chi connectivity index (χ4n) is 2.35. The van der Waals surface area contributed by atoms with Crippen molar-refractivity contribution in [1.82, 2.24) is 9.78 Å². The smallest absolute Gasteiger partial charge is 0.315 e. The summed E-state index contributed by atoms with van der Waals surface area (Å²) in [5.41, 5.74) is 1.02. The predicted octanol–water partition coefficient (Wildman–Crippen LogP) is 1.62. The number of aliphatic carboxylic acids is 1. The first-order valence-electron chi connectivity index (χ1n) is 5.31. The summed E-state index contributed by atoms with van der Waals surface area (Å²) in [7, 11) is 1.85. The Kier molecular flexibility index (Phi) is 2.29. The van der Waals surface area contributed by atoms with Crippen LogP contribution >= 0.6 is 0 Å². The summed E-state index contributed by atoms with van der Waals surface area (Å²) < 4.78 is 1.75. The maximum absolute atomic E-state index is 11.4. The zero-order chi connectivity index (χ0) is 11.1. The Bertz CT molecular complexity index is 370. The van der Waals surface area contributed by atoms with Gasteiger partial charge >= 0.3 is 5.97 Å². The third kappa shape index (κ3) is 1.44. The van der Waals surface area contributed by atoms with Gasteiger partial charge < -0.3 is 5.11 Å². The lowest BCUT2D eigenvalue weighted by Crippen LogP contribution is -2.33. The number of carboxylic acid groups (broad SMARTS) is 1. The molecule has 0 unspecified atom stereocenters. The molecule has 0 spiro atoms. The second kappa shape index (κ2) is 3.36. The first kappa shape index (κ1) is 10.2. The maximum Gasteiger partial charge on any atom is 0.315 e. The van der Waals surface area contributed by atoms with Crippen molar-refractivity contribution in [2.75, 3.05) is 0 Å². The summed E-state index contributed by atoms with van der Waals surface area (Å²) in [6, 6.07) is 1.90. The van der Waals surface area contributed by atoms with Crippen molar-refractivity contribution in [2.45, 2.75) is 38.0 Å². The van der Waals surface area contributed by atoms with Crippen molar-refractivity contribution in [3.63, 3.8) is 0 Å². The molecule has 0 saturated heterocycles. The topological polar surface area (TPSA) is 55.1 Å². The van der Waals surface area contributed by atoms with Crippen LogP contribution in [-0.4, -0.2) is 20.9 Å². The number of carboxylic acids is 1. The Labute approximate surface area is 88.9 Å². The van der Waals surface area contributed by atoms with E-state index in [2.05, 4.69) is 5.10 Å². The van der Waals surface area contributed by atoms with E-state index < -0.39 is 11.4 Å². The van der Waals surface area contributed by atoms with Crippen molar-refractivity contribution in [3.8, 4) is 0 Å². The molecule has 0 atom stereocenters. The normalized spacial score (nSPS) is 19.3. The first-order valence-corrected chi connectivity index (χ1v) is 5.31. The molecule has 1 aromatic rings. The molecule has 1 N–H and O–H groups in total. The Hall–Kier alpha value is -1.32. The van der Waals surface area contributed by atoms with Crippen molar-refractivity contribution in [1.29, 1.82) is 0 Å². The molecule has 1 saturated carbocycles. The molecule has 4 nitrogen and oxygen atoms in total. The van der Waals surface area contributed by atoms with Gasteiger partial charge in [0.1, 0.15) is 5.41 Å². The molecule has 0 amide bonds. The second-order valence-electron chi connectivity index (χ2n) is 4.39. The number of aryl methyl sites for hydroxylation is 2. The van der Waals surface area contributed by atoms with Gasteiger partial charge in [0.05, 0.1) is 5.69 Å². The third-order valence-corrected chi connectivity index (χ3v) is 3.47. The summed E-state index contributed by atoms with van der Waals surface area (Å²) in [5.74, 6) is -0.724.